The summed E-state index contributed by atoms with van der Waals surface area (Å²) < 4.78 is 7.11. The molecule has 0 unspecified atom stereocenters. The average Bonchev–Trinajstić information content (AvgIpc) is 2.78. The van der Waals surface area contributed by atoms with Crippen molar-refractivity contribution in [2.45, 2.75) is 11.6 Å². The van der Waals surface area contributed by atoms with Gasteiger partial charge in [0.1, 0.15) is 11.6 Å². The second kappa shape index (κ2) is 6.42. The van der Waals surface area contributed by atoms with Crippen molar-refractivity contribution in [2.75, 3.05) is 12.9 Å². The van der Waals surface area contributed by atoms with Crippen LogP contribution in [0.1, 0.15) is 11.4 Å². The smallest absolute Gasteiger partial charge is 0.313 e. The highest BCUT2D eigenvalue weighted by Crippen LogP contribution is 2.22. The Kier molecular flexibility index (Phi) is 4.62. The molecule has 0 fully saturated rings. The van der Waals surface area contributed by atoms with E-state index in [-0.39, 0.29) is 5.75 Å². The summed E-state index contributed by atoms with van der Waals surface area (Å²) in [7, 11) is 3.46. The van der Waals surface area contributed by atoms with Gasteiger partial charge in [0.15, 0.2) is 5.16 Å². The molecular formula is C13H15N3O3S. The standard InChI is InChI=1S/C13H15N3O3S/c1-16-11(14-15-13(16)20-8-12(17)18)7-9-5-3-4-6-10(9)19-2/h3-6H,7-8H2,1-2H3,(H,17,18). The van der Waals surface area contributed by atoms with Crippen molar-refractivity contribution in [1.29, 1.82) is 0 Å². The zero-order chi connectivity index (χ0) is 14.5. The van der Waals surface area contributed by atoms with Crippen molar-refractivity contribution in [3.8, 4) is 5.75 Å². The molecule has 0 atom stereocenters. The molecule has 0 aliphatic rings. The molecule has 106 valence electrons. The van der Waals surface area contributed by atoms with Crippen LogP contribution in [0.4, 0.5) is 0 Å². The van der Waals surface area contributed by atoms with E-state index < -0.39 is 5.97 Å². The zero-order valence-corrected chi connectivity index (χ0v) is 12.1. The number of para-hydroxylation sites is 1. The molecule has 1 heterocycles. The predicted molar refractivity (Wildman–Crippen MR) is 75.2 cm³/mol. The average molecular weight is 293 g/mol. The lowest BCUT2D eigenvalue weighted by molar-refractivity contribution is -0.133. The Morgan fingerprint density at radius 1 is 1.40 bits per heavy atom. The monoisotopic (exact) mass is 293 g/mol. The van der Waals surface area contributed by atoms with E-state index in [4.69, 9.17) is 9.84 Å². The first-order valence-corrected chi connectivity index (χ1v) is 6.95. The lowest BCUT2D eigenvalue weighted by Gasteiger charge is -2.07. The number of hydrogen-bond acceptors (Lipinski definition) is 5. The van der Waals surface area contributed by atoms with Crippen molar-refractivity contribution in [3.05, 3.63) is 35.7 Å². The number of methoxy groups -OCH3 is 1. The number of rotatable bonds is 6. The van der Waals surface area contributed by atoms with E-state index in [1.807, 2.05) is 31.3 Å². The fourth-order valence-electron chi connectivity index (χ4n) is 1.77. The summed E-state index contributed by atoms with van der Waals surface area (Å²) in [5.41, 5.74) is 1.01. The fraction of sp³-hybridized carbons (Fsp3) is 0.308. The first-order valence-electron chi connectivity index (χ1n) is 5.96. The first-order chi connectivity index (χ1) is 9.61. The third kappa shape index (κ3) is 3.30. The third-order valence-corrected chi connectivity index (χ3v) is 3.80. The number of thioether (sulfide) groups is 1. The molecule has 2 aromatic rings. The quantitative estimate of drug-likeness (QED) is 0.815. The predicted octanol–water partition coefficient (Wildman–Crippen LogP) is 1.59. The van der Waals surface area contributed by atoms with Gasteiger partial charge in [-0.15, -0.1) is 10.2 Å². The van der Waals surface area contributed by atoms with Gasteiger partial charge in [-0.05, 0) is 6.07 Å². The normalized spacial score (nSPS) is 10.5. The van der Waals surface area contributed by atoms with E-state index in [0.29, 0.717) is 11.6 Å². The number of aliphatic carboxylic acids is 1. The van der Waals surface area contributed by atoms with Crippen LogP contribution in [-0.2, 0) is 18.3 Å². The highest BCUT2D eigenvalue weighted by Gasteiger charge is 2.13. The van der Waals surface area contributed by atoms with Gasteiger partial charge in [0.25, 0.3) is 0 Å². The molecule has 0 saturated carbocycles. The molecule has 0 aliphatic carbocycles. The summed E-state index contributed by atoms with van der Waals surface area (Å²) in [5, 5.41) is 17.4. The van der Waals surface area contributed by atoms with Crippen LogP contribution in [0.3, 0.4) is 0 Å². The summed E-state index contributed by atoms with van der Waals surface area (Å²) in [4.78, 5) is 10.6. The van der Waals surface area contributed by atoms with Crippen LogP contribution >= 0.6 is 11.8 Å². The highest BCUT2D eigenvalue weighted by molar-refractivity contribution is 7.99. The lowest BCUT2D eigenvalue weighted by Crippen LogP contribution is -2.03. The van der Waals surface area contributed by atoms with Crippen LogP contribution in [0.15, 0.2) is 29.4 Å². The van der Waals surface area contributed by atoms with E-state index in [1.54, 1.807) is 11.7 Å². The van der Waals surface area contributed by atoms with Crippen LogP contribution in [0.2, 0.25) is 0 Å². The second-order valence-corrected chi connectivity index (χ2v) is 5.07. The van der Waals surface area contributed by atoms with Gasteiger partial charge in [0, 0.05) is 19.0 Å². The largest absolute Gasteiger partial charge is 0.496 e. The van der Waals surface area contributed by atoms with Crippen LogP contribution < -0.4 is 4.74 Å². The second-order valence-electron chi connectivity index (χ2n) is 4.13. The summed E-state index contributed by atoms with van der Waals surface area (Å²) in [6.07, 6.45) is 0.584. The molecule has 0 bridgehead atoms. The van der Waals surface area contributed by atoms with Crippen LogP contribution in [0.5, 0.6) is 5.75 Å². The number of carboxylic acid groups (broad SMARTS) is 1. The molecule has 0 aliphatic heterocycles. The molecule has 0 saturated heterocycles. The minimum atomic E-state index is -0.871. The Labute approximate surface area is 120 Å². The Balaban J connectivity index is 2.16. The Morgan fingerprint density at radius 2 is 2.15 bits per heavy atom. The van der Waals surface area contributed by atoms with Gasteiger partial charge >= 0.3 is 5.97 Å². The maximum absolute atomic E-state index is 10.6. The van der Waals surface area contributed by atoms with Crippen molar-refractivity contribution in [2.24, 2.45) is 7.05 Å². The van der Waals surface area contributed by atoms with E-state index in [1.165, 1.54) is 0 Å². The van der Waals surface area contributed by atoms with Gasteiger partial charge < -0.3 is 14.4 Å². The Morgan fingerprint density at radius 3 is 2.85 bits per heavy atom. The number of carbonyl (C=O) groups is 1. The molecular weight excluding hydrogens is 278 g/mol. The Hall–Kier alpha value is -2.02. The minimum absolute atomic E-state index is 0.0272. The number of nitrogens with zero attached hydrogens (tertiary/aromatic N) is 3. The van der Waals surface area contributed by atoms with Gasteiger partial charge in [-0.1, -0.05) is 30.0 Å². The zero-order valence-electron chi connectivity index (χ0n) is 11.2. The van der Waals surface area contributed by atoms with Crippen molar-refractivity contribution < 1.29 is 14.6 Å². The van der Waals surface area contributed by atoms with Crippen molar-refractivity contribution >= 4 is 17.7 Å². The van der Waals surface area contributed by atoms with Gasteiger partial charge in [-0.25, -0.2) is 0 Å². The summed E-state index contributed by atoms with van der Waals surface area (Å²) in [6.45, 7) is 0. The molecule has 1 aromatic carbocycles. The number of benzene rings is 1. The van der Waals surface area contributed by atoms with E-state index in [9.17, 15) is 4.79 Å². The summed E-state index contributed by atoms with van der Waals surface area (Å²) in [5.74, 6) is 0.669. The summed E-state index contributed by atoms with van der Waals surface area (Å²) >= 11 is 1.16. The highest BCUT2D eigenvalue weighted by atomic mass is 32.2. The van der Waals surface area contributed by atoms with E-state index >= 15 is 0 Å². The van der Waals surface area contributed by atoms with Crippen LogP contribution in [0, 0.1) is 0 Å². The third-order valence-electron chi connectivity index (χ3n) is 2.79. The molecule has 0 amide bonds. The number of hydrogen-bond donors (Lipinski definition) is 1. The van der Waals surface area contributed by atoms with Gasteiger partial charge in [-0.2, -0.15) is 0 Å². The van der Waals surface area contributed by atoms with E-state index in [2.05, 4.69) is 10.2 Å². The lowest BCUT2D eigenvalue weighted by atomic mass is 10.1. The molecule has 2 rings (SSSR count). The molecule has 6 nitrogen and oxygen atoms in total. The van der Waals surface area contributed by atoms with Crippen molar-refractivity contribution in [3.63, 3.8) is 0 Å². The van der Waals surface area contributed by atoms with Crippen LogP contribution in [0.25, 0.3) is 0 Å². The van der Waals surface area contributed by atoms with Crippen molar-refractivity contribution in [1.82, 2.24) is 14.8 Å². The Bertz CT molecular complexity index is 613. The fourth-order valence-corrected chi connectivity index (χ4v) is 2.42. The van der Waals surface area contributed by atoms with Gasteiger partial charge in [0.2, 0.25) is 0 Å². The van der Waals surface area contributed by atoms with Crippen LogP contribution in [-0.4, -0.2) is 38.7 Å². The van der Waals surface area contributed by atoms with Gasteiger partial charge in [-0.3, -0.25) is 4.79 Å². The number of carboxylic acids is 1. The maximum Gasteiger partial charge on any atom is 0.313 e. The molecule has 1 N–H and O–H groups in total. The molecule has 1 aromatic heterocycles. The topological polar surface area (TPSA) is 77.2 Å². The molecule has 7 heteroatoms. The molecule has 20 heavy (non-hydrogen) atoms. The molecule has 0 radical (unpaired) electrons. The minimum Gasteiger partial charge on any atom is -0.496 e. The van der Waals surface area contributed by atoms with E-state index in [0.717, 1.165) is 28.9 Å². The first kappa shape index (κ1) is 14.4. The molecule has 0 spiro atoms. The number of aromatic nitrogens is 3. The SMILES string of the molecule is COc1ccccc1Cc1nnc(SCC(=O)O)n1C. The summed E-state index contributed by atoms with van der Waals surface area (Å²) in [6, 6.07) is 7.71. The number of ether oxygens (including phenoxy) is 1. The van der Waals surface area contributed by atoms with Gasteiger partial charge in [0.05, 0.1) is 12.9 Å². The maximum atomic E-state index is 10.6.